The number of hydrogen-bond donors (Lipinski definition) is 2. The summed E-state index contributed by atoms with van der Waals surface area (Å²) in [5.41, 5.74) is 4.37. The minimum atomic E-state index is 0.810. The third-order valence-electron chi connectivity index (χ3n) is 4.43. The second kappa shape index (κ2) is 8.29. The van der Waals surface area contributed by atoms with E-state index >= 15 is 0 Å². The van der Waals surface area contributed by atoms with Crippen molar-refractivity contribution in [3.8, 4) is 0 Å². The molecule has 0 aliphatic heterocycles. The van der Waals surface area contributed by atoms with Crippen LogP contribution in [0.4, 0.5) is 0 Å². The van der Waals surface area contributed by atoms with Crippen LogP contribution >= 0.6 is 11.3 Å². The molecule has 0 saturated heterocycles. The van der Waals surface area contributed by atoms with Gasteiger partial charge in [0.2, 0.25) is 0 Å². The Morgan fingerprint density at radius 3 is 2.92 bits per heavy atom. The second-order valence-electron chi connectivity index (χ2n) is 6.13. The number of rotatable bonds is 6. The molecule has 1 heterocycles. The van der Waals surface area contributed by atoms with Crippen molar-refractivity contribution in [2.45, 2.75) is 45.6 Å². The molecule has 24 heavy (non-hydrogen) atoms. The summed E-state index contributed by atoms with van der Waals surface area (Å²) in [6, 6.07) is 6.85. The molecule has 0 bridgehead atoms. The highest BCUT2D eigenvalue weighted by Gasteiger charge is 2.10. The molecule has 128 valence electrons. The fraction of sp³-hybridized carbons (Fsp3) is 0.474. The van der Waals surface area contributed by atoms with Gasteiger partial charge in [0.05, 0.1) is 5.01 Å². The van der Waals surface area contributed by atoms with E-state index in [9.17, 15) is 0 Å². The van der Waals surface area contributed by atoms with Gasteiger partial charge in [-0.2, -0.15) is 0 Å². The van der Waals surface area contributed by atoms with E-state index in [2.05, 4.69) is 45.7 Å². The predicted molar refractivity (Wildman–Crippen MR) is 102 cm³/mol. The van der Waals surface area contributed by atoms with Crippen LogP contribution in [0.1, 0.15) is 39.9 Å². The van der Waals surface area contributed by atoms with E-state index in [1.165, 1.54) is 45.8 Å². The van der Waals surface area contributed by atoms with Crippen molar-refractivity contribution in [1.82, 2.24) is 15.6 Å². The van der Waals surface area contributed by atoms with Crippen LogP contribution in [0.3, 0.4) is 0 Å². The van der Waals surface area contributed by atoms with Crippen molar-refractivity contribution >= 4 is 17.3 Å². The maximum atomic E-state index is 4.45. The molecular weight excluding hydrogens is 316 g/mol. The average Bonchev–Trinajstić information content (AvgIpc) is 3.26. The number of fused-ring (bicyclic) bond motifs is 1. The van der Waals surface area contributed by atoms with Gasteiger partial charge in [0, 0.05) is 37.6 Å². The molecule has 4 nitrogen and oxygen atoms in total. The summed E-state index contributed by atoms with van der Waals surface area (Å²) in [5.74, 6) is 0.850. The van der Waals surface area contributed by atoms with Crippen molar-refractivity contribution in [2.24, 2.45) is 4.99 Å². The number of thiazole rings is 1. The molecule has 0 spiro atoms. The van der Waals surface area contributed by atoms with Gasteiger partial charge in [-0.1, -0.05) is 25.1 Å². The first-order valence-corrected chi connectivity index (χ1v) is 9.59. The van der Waals surface area contributed by atoms with Crippen LogP contribution in [0.2, 0.25) is 0 Å². The molecule has 1 aliphatic rings. The average molecular weight is 343 g/mol. The first-order chi connectivity index (χ1) is 11.8. The topological polar surface area (TPSA) is 49.3 Å². The summed E-state index contributed by atoms with van der Waals surface area (Å²) in [7, 11) is 1.82. The molecule has 1 aliphatic carbocycles. The van der Waals surface area contributed by atoms with Crippen molar-refractivity contribution in [1.29, 1.82) is 0 Å². The van der Waals surface area contributed by atoms with E-state index < -0.39 is 0 Å². The quantitative estimate of drug-likeness (QED) is 0.626. The monoisotopic (exact) mass is 342 g/mol. The van der Waals surface area contributed by atoms with Gasteiger partial charge in [-0.3, -0.25) is 4.99 Å². The lowest BCUT2D eigenvalue weighted by molar-refractivity contribution is 0.791. The Bertz CT molecular complexity index is 705. The molecule has 0 saturated carbocycles. The van der Waals surface area contributed by atoms with Crippen LogP contribution in [0.15, 0.2) is 29.4 Å². The third kappa shape index (κ3) is 4.35. The molecule has 3 rings (SSSR count). The van der Waals surface area contributed by atoms with E-state index in [1.54, 1.807) is 11.3 Å². The van der Waals surface area contributed by atoms with Crippen molar-refractivity contribution in [2.75, 3.05) is 13.6 Å². The van der Waals surface area contributed by atoms with Crippen LogP contribution in [-0.2, 0) is 32.2 Å². The summed E-state index contributed by atoms with van der Waals surface area (Å²) in [4.78, 5) is 10.1. The minimum Gasteiger partial charge on any atom is -0.356 e. The number of guanidine groups is 1. The molecule has 0 unspecified atom stereocenters. The summed E-state index contributed by atoms with van der Waals surface area (Å²) < 4.78 is 0. The van der Waals surface area contributed by atoms with Crippen molar-refractivity contribution in [3.63, 3.8) is 0 Å². The van der Waals surface area contributed by atoms with E-state index in [4.69, 9.17) is 0 Å². The smallest absolute Gasteiger partial charge is 0.191 e. The number of aryl methyl sites for hydroxylation is 3. The number of nitrogens with one attached hydrogen (secondary N) is 2. The highest BCUT2D eigenvalue weighted by molar-refractivity contribution is 7.11. The van der Waals surface area contributed by atoms with Crippen LogP contribution in [-0.4, -0.2) is 24.5 Å². The third-order valence-corrected chi connectivity index (χ3v) is 5.63. The van der Waals surface area contributed by atoms with E-state index in [0.717, 1.165) is 31.9 Å². The SMILES string of the molecule is CCc1cnc(CCNC(=NC)NCc2ccc3c(c2)CCC3)s1. The van der Waals surface area contributed by atoms with Crippen LogP contribution < -0.4 is 10.6 Å². The number of hydrogen-bond acceptors (Lipinski definition) is 3. The molecule has 1 aromatic carbocycles. The van der Waals surface area contributed by atoms with Crippen LogP contribution in [0, 0.1) is 0 Å². The Kier molecular flexibility index (Phi) is 5.86. The number of nitrogens with zero attached hydrogens (tertiary/aromatic N) is 2. The predicted octanol–water partition coefficient (Wildman–Crippen LogP) is 3.10. The minimum absolute atomic E-state index is 0.810. The van der Waals surface area contributed by atoms with Gasteiger partial charge in [0.25, 0.3) is 0 Å². The van der Waals surface area contributed by atoms with Crippen molar-refractivity contribution < 1.29 is 0 Å². The molecule has 2 aromatic rings. The molecule has 0 fully saturated rings. The summed E-state index contributed by atoms with van der Waals surface area (Å²) in [6.45, 7) is 3.82. The molecule has 5 heteroatoms. The lowest BCUT2D eigenvalue weighted by atomic mass is 10.1. The fourth-order valence-corrected chi connectivity index (χ4v) is 3.92. The van der Waals surface area contributed by atoms with E-state index in [0.29, 0.717) is 0 Å². The van der Waals surface area contributed by atoms with Gasteiger partial charge in [0.15, 0.2) is 5.96 Å². The first-order valence-electron chi connectivity index (χ1n) is 8.77. The van der Waals surface area contributed by atoms with Crippen LogP contribution in [0.25, 0.3) is 0 Å². The van der Waals surface area contributed by atoms with Gasteiger partial charge in [0.1, 0.15) is 0 Å². The Morgan fingerprint density at radius 2 is 2.12 bits per heavy atom. The normalized spacial score (nSPS) is 13.8. The van der Waals surface area contributed by atoms with Gasteiger partial charge >= 0.3 is 0 Å². The van der Waals surface area contributed by atoms with Gasteiger partial charge in [-0.25, -0.2) is 4.98 Å². The Balaban J connectivity index is 1.45. The fourth-order valence-electron chi connectivity index (χ4n) is 3.06. The van der Waals surface area contributed by atoms with E-state index in [1.807, 2.05) is 13.2 Å². The van der Waals surface area contributed by atoms with Gasteiger partial charge in [-0.15, -0.1) is 11.3 Å². The molecule has 0 radical (unpaired) electrons. The maximum absolute atomic E-state index is 4.45. The standard InChI is InChI=1S/C19H26N4S/c1-3-17-13-22-18(24-17)9-10-21-19(20-2)23-12-14-7-8-15-5-4-6-16(15)11-14/h7-8,11,13H,3-6,9-10,12H2,1-2H3,(H2,20,21,23). The number of aliphatic imine (C=N–C) groups is 1. The zero-order valence-corrected chi connectivity index (χ0v) is 15.4. The number of benzene rings is 1. The molecular formula is C19H26N4S. The summed E-state index contributed by atoms with van der Waals surface area (Å²) in [5, 5.41) is 7.96. The molecule has 0 amide bonds. The zero-order chi connectivity index (χ0) is 16.8. The second-order valence-corrected chi connectivity index (χ2v) is 7.33. The highest BCUT2D eigenvalue weighted by atomic mass is 32.1. The Morgan fingerprint density at radius 1 is 1.25 bits per heavy atom. The lowest BCUT2D eigenvalue weighted by Gasteiger charge is -2.12. The molecule has 1 aromatic heterocycles. The molecule has 0 atom stereocenters. The molecule has 2 N–H and O–H groups in total. The zero-order valence-electron chi connectivity index (χ0n) is 14.6. The largest absolute Gasteiger partial charge is 0.356 e. The Labute approximate surface area is 148 Å². The highest BCUT2D eigenvalue weighted by Crippen LogP contribution is 2.22. The number of aromatic nitrogens is 1. The van der Waals surface area contributed by atoms with Gasteiger partial charge < -0.3 is 10.6 Å². The lowest BCUT2D eigenvalue weighted by Crippen LogP contribution is -2.37. The van der Waals surface area contributed by atoms with Gasteiger partial charge in [-0.05, 0) is 42.4 Å². The maximum Gasteiger partial charge on any atom is 0.191 e. The Hall–Kier alpha value is -1.88. The summed E-state index contributed by atoms with van der Waals surface area (Å²) >= 11 is 1.80. The first kappa shape index (κ1) is 17.0. The van der Waals surface area contributed by atoms with E-state index in [-0.39, 0.29) is 0 Å². The summed E-state index contributed by atoms with van der Waals surface area (Å²) in [6.07, 6.45) is 7.75. The van der Waals surface area contributed by atoms with Crippen molar-refractivity contribution in [3.05, 3.63) is 51.0 Å². The van der Waals surface area contributed by atoms with Crippen LogP contribution in [0.5, 0.6) is 0 Å².